The molecule has 1 aliphatic rings. The summed E-state index contributed by atoms with van der Waals surface area (Å²) >= 11 is 7.65. The number of nitrogens with zero attached hydrogens (tertiary/aromatic N) is 2. The lowest BCUT2D eigenvalue weighted by Crippen LogP contribution is -2.32. The molecule has 1 amide bonds. The third kappa shape index (κ3) is 5.61. The first kappa shape index (κ1) is 22.8. The zero-order chi connectivity index (χ0) is 22.2. The summed E-state index contributed by atoms with van der Waals surface area (Å²) in [6.07, 6.45) is 7.00. The molecule has 31 heavy (non-hydrogen) atoms. The number of benzene rings is 2. The Balaban J connectivity index is 1.95. The molecular formula is C23H21ClN2O4S. The van der Waals surface area contributed by atoms with E-state index in [1.165, 1.54) is 18.9 Å². The lowest BCUT2D eigenvalue weighted by molar-refractivity contribution is -0.122. The molecule has 1 saturated heterocycles. The molecule has 1 heterocycles. The number of hydrogen-bond donors (Lipinski definition) is 0. The summed E-state index contributed by atoms with van der Waals surface area (Å²) in [5.41, 5.74) is 1.46. The Morgan fingerprint density at radius 2 is 2.03 bits per heavy atom. The van der Waals surface area contributed by atoms with Crippen LogP contribution in [0.4, 0.5) is 5.69 Å². The molecule has 8 heteroatoms. The Hall–Kier alpha value is -2.92. The second-order valence-electron chi connectivity index (χ2n) is 6.32. The van der Waals surface area contributed by atoms with Crippen molar-refractivity contribution in [3.8, 4) is 23.8 Å². The van der Waals surface area contributed by atoms with Gasteiger partial charge in [0.25, 0.3) is 5.91 Å². The van der Waals surface area contributed by atoms with Crippen LogP contribution in [0.3, 0.4) is 0 Å². The average molecular weight is 457 g/mol. The summed E-state index contributed by atoms with van der Waals surface area (Å²) in [5.74, 6) is 3.04. The highest BCUT2D eigenvalue weighted by Gasteiger charge is 2.33. The molecule has 1 fully saturated rings. The zero-order valence-electron chi connectivity index (χ0n) is 17.1. The number of carbonyl (C=O) groups is 1. The van der Waals surface area contributed by atoms with Crippen LogP contribution in [0.25, 0.3) is 6.08 Å². The van der Waals surface area contributed by atoms with Crippen molar-refractivity contribution in [3.05, 3.63) is 58.0 Å². The van der Waals surface area contributed by atoms with Crippen LogP contribution in [0, 0.1) is 12.3 Å². The molecule has 2 aromatic carbocycles. The summed E-state index contributed by atoms with van der Waals surface area (Å²) in [6, 6.07) is 12.9. The molecule has 0 spiro atoms. The molecule has 0 bridgehead atoms. The number of ether oxygens (including phenoxy) is 3. The molecule has 0 unspecified atom stereocenters. The highest BCUT2D eigenvalue weighted by atomic mass is 35.5. The summed E-state index contributed by atoms with van der Waals surface area (Å²) < 4.78 is 16.0. The van der Waals surface area contributed by atoms with Gasteiger partial charge in [0.05, 0.1) is 35.9 Å². The van der Waals surface area contributed by atoms with Crippen LogP contribution in [0.1, 0.15) is 5.56 Å². The standard InChI is InChI=1S/C23H21ClN2O4S/c1-4-11-30-21-18(24)13-16(14-19(21)29-3)15-20-22(27)26(10-12-28-2)23(31-20)25-17-8-6-5-7-9-17/h1,5-9,13-15H,10-12H2,2-3H3. The van der Waals surface area contributed by atoms with Gasteiger partial charge in [-0.1, -0.05) is 35.7 Å². The van der Waals surface area contributed by atoms with E-state index in [1.54, 1.807) is 30.2 Å². The van der Waals surface area contributed by atoms with Crippen LogP contribution >= 0.6 is 23.4 Å². The van der Waals surface area contributed by atoms with Crippen molar-refractivity contribution in [1.29, 1.82) is 0 Å². The lowest BCUT2D eigenvalue weighted by Gasteiger charge is -2.14. The SMILES string of the molecule is C#CCOc1c(Cl)cc(C=C2SC(=Nc3ccccc3)N(CCOC)C2=O)cc1OC. The highest BCUT2D eigenvalue weighted by molar-refractivity contribution is 8.18. The van der Waals surface area contributed by atoms with Crippen LogP contribution in [0.2, 0.25) is 5.02 Å². The summed E-state index contributed by atoms with van der Waals surface area (Å²) in [4.78, 5) is 19.8. The first-order valence-electron chi connectivity index (χ1n) is 9.35. The molecule has 0 atom stereocenters. The third-order valence-corrected chi connectivity index (χ3v) is 5.52. The van der Waals surface area contributed by atoms with Gasteiger partial charge >= 0.3 is 0 Å². The predicted molar refractivity (Wildman–Crippen MR) is 125 cm³/mol. The molecule has 1 aliphatic heterocycles. The second-order valence-corrected chi connectivity index (χ2v) is 7.73. The number of thioether (sulfide) groups is 1. The maximum absolute atomic E-state index is 13.1. The third-order valence-electron chi connectivity index (χ3n) is 4.24. The number of carbonyl (C=O) groups excluding carboxylic acids is 1. The van der Waals surface area contributed by atoms with Crippen LogP contribution in [0.5, 0.6) is 11.5 Å². The molecule has 0 N–H and O–H groups in total. The van der Waals surface area contributed by atoms with Crippen molar-refractivity contribution in [2.24, 2.45) is 4.99 Å². The predicted octanol–water partition coefficient (Wildman–Crippen LogP) is 4.61. The van der Waals surface area contributed by atoms with Gasteiger partial charge in [0.1, 0.15) is 6.61 Å². The van der Waals surface area contributed by atoms with E-state index in [2.05, 4.69) is 10.9 Å². The molecule has 0 saturated carbocycles. The minimum Gasteiger partial charge on any atom is -0.493 e. The van der Waals surface area contributed by atoms with Gasteiger partial charge in [0, 0.05) is 7.11 Å². The van der Waals surface area contributed by atoms with Crippen LogP contribution in [-0.2, 0) is 9.53 Å². The first-order chi connectivity index (χ1) is 15.1. The monoisotopic (exact) mass is 456 g/mol. The molecule has 2 aromatic rings. The van der Waals surface area contributed by atoms with E-state index in [4.69, 9.17) is 32.2 Å². The number of para-hydroxylation sites is 1. The van der Waals surface area contributed by atoms with Crippen molar-refractivity contribution >= 4 is 46.2 Å². The Morgan fingerprint density at radius 3 is 2.71 bits per heavy atom. The molecule has 0 aromatic heterocycles. The van der Waals surface area contributed by atoms with E-state index in [0.29, 0.717) is 45.3 Å². The molecule has 0 aliphatic carbocycles. The Morgan fingerprint density at radius 1 is 1.26 bits per heavy atom. The summed E-state index contributed by atoms with van der Waals surface area (Å²) in [6.45, 7) is 0.862. The van der Waals surface area contributed by atoms with Gasteiger partial charge in [-0.15, -0.1) is 6.42 Å². The first-order valence-corrected chi connectivity index (χ1v) is 10.5. The fourth-order valence-electron chi connectivity index (χ4n) is 2.81. The van der Waals surface area contributed by atoms with Gasteiger partial charge < -0.3 is 14.2 Å². The van der Waals surface area contributed by atoms with E-state index in [0.717, 1.165) is 5.69 Å². The lowest BCUT2D eigenvalue weighted by atomic mass is 10.1. The number of amidine groups is 1. The zero-order valence-corrected chi connectivity index (χ0v) is 18.7. The van der Waals surface area contributed by atoms with Gasteiger partial charge in [0.2, 0.25) is 0 Å². The molecule has 160 valence electrons. The minimum absolute atomic E-state index is 0.0681. The van der Waals surface area contributed by atoms with Gasteiger partial charge in [-0.3, -0.25) is 9.69 Å². The molecule has 0 radical (unpaired) electrons. The number of rotatable bonds is 8. The van der Waals surface area contributed by atoms with Crippen LogP contribution in [0.15, 0.2) is 52.4 Å². The normalized spacial score (nSPS) is 16.1. The fourth-order valence-corrected chi connectivity index (χ4v) is 4.11. The average Bonchev–Trinajstić information content (AvgIpc) is 3.05. The Bertz CT molecular complexity index is 1050. The van der Waals surface area contributed by atoms with Gasteiger partial charge in [-0.25, -0.2) is 4.99 Å². The van der Waals surface area contributed by atoms with Crippen molar-refractivity contribution < 1.29 is 19.0 Å². The van der Waals surface area contributed by atoms with E-state index >= 15 is 0 Å². The summed E-state index contributed by atoms with van der Waals surface area (Å²) in [5, 5.41) is 0.929. The maximum atomic E-state index is 13.1. The molecule has 6 nitrogen and oxygen atoms in total. The largest absolute Gasteiger partial charge is 0.493 e. The number of hydrogen-bond acceptors (Lipinski definition) is 6. The smallest absolute Gasteiger partial charge is 0.266 e. The maximum Gasteiger partial charge on any atom is 0.266 e. The van der Waals surface area contributed by atoms with Crippen molar-refractivity contribution in [2.75, 3.05) is 34.0 Å². The molecular weight excluding hydrogens is 436 g/mol. The number of amides is 1. The highest BCUT2D eigenvalue weighted by Crippen LogP contribution is 2.39. The molecule has 3 rings (SSSR count). The quantitative estimate of drug-likeness (QED) is 0.429. The topological polar surface area (TPSA) is 60.4 Å². The number of terminal acetylenes is 1. The van der Waals surface area contributed by atoms with Crippen molar-refractivity contribution in [1.82, 2.24) is 4.90 Å². The van der Waals surface area contributed by atoms with E-state index in [-0.39, 0.29) is 12.5 Å². The van der Waals surface area contributed by atoms with E-state index < -0.39 is 0 Å². The second kappa shape index (κ2) is 10.9. The Labute approximate surface area is 190 Å². The minimum atomic E-state index is -0.153. The number of methoxy groups -OCH3 is 2. The van der Waals surface area contributed by atoms with Crippen molar-refractivity contribution in [3.63, 3.8) is 0 Å². The summed E-state index contributed by atoms with van der Waals surface area (Å²) in [7, 11) is 3.11. The van der Waals surface area contributed by atoms with Gasteiger partial charge in [-0.05, 0) is 47.7 Å². The Kier molecular flexibility index (Phi) is 8.01. The van der Waals surface area contributed by atoms with Crippen LogP contribution < -0.4 is 9.47 Å². The van der Waals surface area contributed by atoms with E-state index in [9.17, 15) is 4.79 Å². The number of halogens is 1. The van der Waals surface area contributed by atoms with Gasteiger partial charge in [-0.2, -0.15) is 0 Å². The number of aliphatic imine (C=N–C) groups is 1. The van der Waals surface area contributed by atoms with Crippen molar-refractivity contribution in [2.45, 2.75) is 0 Å². The van der Waals surface area contributed by atoms with Gasteiger partial charge in [0.15, 0.2) is 16.7 Å². The van der Waals surface area contributed by atoms with Crippen LogP contribution in [-0.4, -0.2) is 50.0 Å². The van der Waals surface area contributed by atoms with E-state index in [1.807, 2.05) is 30.3 Å². The fraction of sp³-hybridized carbons (Fsp3) is 0.217.